The molecule has 2 unspecified atom stereocenters. The third-order valence-corrected chi connectivity index (χ3v) is 3.16. The number of carbonyl (C=O) groups excluding carboxylic acids is 1. The minimum atomic E-state index is 0.357. The first kappa shape index (κ1) is 11.7. The number of methoxy groups -OCH3 is 1. The van der Waals surface area contributed by atoms with Crippen LogP contribution in [0.4, 0.5) is 0 Å². The zero-order chi connectivity index (χ0) is 10.4. The van der Waals surface area contributed by atoms with E-state index < -0.39 is 0 Å². The molecule has 14 heavy (non-hydrogen) atoms. The van der Waals surface area contributed by atoms with Gasteiger partial charge in [0.25, 0.3) is 0 Å². The fourth-order valence-electron chi connectivity index (χ4n) is 2.32. The molecule has 1 aliphatic rings. The van der Waals surface area contributed by atoms with Crippen LogP contribution in [0.1, 0.15) is 45.4 Å². The van der Waals surface area contributed by atoms with Crippen molar-refractivity contribution in [3.63, 3.8) is 0 Å². The topological polar surface area (TPSA) is 26.3 Å². The van der Waals surface area contributed by atoms with Crippen LogP contribution in [0.3, 0.4) is 0 Å². The molecule has 0 aromatic heterocycles. The Bertz CT molecular complexity index is 177. The zero-order valence-corrected chi connectivity index (χ0v) is 9.42. The van der Waals surface area contributed by atoms with Crippen molar-refractivity contribution >= 4 is 5.78 Å². The summed E-state index contributed by atoms with van der Waals surface area (Å²) in [5.41, 5.74) is 0. The number of ether oxygens (including phenoxy) is 1. The maximum atomic E-state index is 11.8. The molecule has 2 atom stereocenters. The molecule has 1 fully saturated rings. The summed E-state index contributed by atoms with van der Waals surface area (Å²) >= 11 is 0. The molecule has 0 N–H and O–H groups in total. The molecule has 2 heteroatoms. The van der Waals surface area contributed by atoms with Gasteiger partial charge in [-0.3, -0.25) is 4.79 Å². The first-order valence-corrected chi connectivity index (χ1v) is 5.75. The number of hydrogen-bond acceptors (Lipinski definition) is 2. The summed E-state index contributed by atoms with van der Waals surface area (Å²) in [5.74, 6) is 1.57. The second kappa shape index (κ2) is 6.18. The molecule has 2 nitrogen and oxygen atoms in total. The first-order chi connectivity index (χ1) is 6.74. The minimum Gasteiger partial charge on any atom is -0.385 e. The van der Waals surface area contributed by atoms with Crippen LogP contribution in [0.15, 0.2) is 0 Å². The van der Waals surface area contributed by atoms with E-state index in [1.54, 1.807) is 7.11 Å². The summed E-state index contributed by atoms with van der Waals surface area (Å²) in [5, 5.41) is 0. The van der Waals surface area contributed by atoms with Gasteiger partial charge >= 0.3 is 0 Å². The number of Topliss-reactive ketones (excluding diaryl/α,β-unsaturated/α-hetero) is 1. The van der Waals surface area contributed by atoms with Crippen LogP contribution in [0, 0.1) is 11.8 Å². The Hall–Kier alpha value is -0.370. The number of hydrogen-bond donors (Lipinski definition) is 0. The summed E-state index contributed by atoms with van der Waals surface area (Å²) in [7, 11) is 1.69. The van der Waals surface area contributed by atoms with E-state index in [0.29, 0.717) is 24.7 Å². The minimum absolute atomic E-state index is 0.357. The van der Waals surface area contributed by atoms with Crippen molar-refractivity contribution in [1.29, 1.82) is 0 Å². The molecule has 0 spiro atoms. The van der Waals surface area contributed by atoms with E-state index in [1.165, 1.54) is 12.8 Å². The average molecular weight is 198 g/mol. The lowest BCUT2D eigenvalue weighted by atomic mass is 9.79. The molecule has 0 amide bonds. The number of carbonyl (C=O) groups is 1. The average Bonchev–Trinajstić information content (AvgIpc) is 2.18. The fourth-order valence-corrected chi connectivity index (χ4v) is 2.32. The number of ketones is 1. The molecule has 1 aliphatic carbocycles. The monoisotopic (exact) mass is 198 g/mol. The quantitative estimate of drug-likeness (QED) is 0.635. The van der Waals surface area contributed by atoms with Crippen molar-refractivity contribution in [3.8, 4) is 0 Å². The molecule has 0 aliphatic heterocycles. The van der Waals surface area contributed by atoms with Gasteiger partial charge in [0, 0.05) is 26.1 Å². The SMILES string of the molecule is COCCCC(=O)C1CCCC(C)C1. The Morgan fingerprint density at radius 3 is 2.86 bits per heavy atom. The third kappa shape index (κ3) is 3.79. The Labute approximate surface area is 87.0 Å². The Balaban J connectivity index is 2.22. The van der Waals surface area contributed by atoms with E-state index in [2.05, 4.69) is 6.92 Å². The first-order valence-electron chi connectivity index (χ1n) is 5.75. The Morgan fingerprint density at radius 1 is 1.43 bits per heavy atom. The molecule has 0 aromatic carbocycles. The lowest BCUT2D eigenvalue weighted by Gasteiger charge is -2.25. The molecular formula is C12H22O2. The molecule has 82 valence electrons. The summed E-state index contributed by atoms with van der Waals surface area (Å²) in [6.07, 6.45) is 6.39. The molecule has 0 aromatic rings. The highest BCUT2D eigenvalue weighted by molar-refractivity contribution is 5.81. The predicted octanol–water partition coefficient (Wildman–Crippen LogP) is 2.81. The van der Waals surface area contributed by atoms with E-state index in [9.17, 15) is 4.79 Å². The van der Waals surface area contributed by atoms with E-state index in [1.807, 2.05) is 0 Å². The van der Waals surface area contributed by atoms with Gasteiger partial charge in [-0.1, -0.05) is 19.8 Å². The van der Waals surface area contributed by atoms with Gasteiger partial charge in [0.2, 0.25) is 0 Å². The summed E-state index contributed by atoms with van der Waals surface area (Å²) in [6.45, 7) is 2.97. The van der Waals surface area contributed by atoms with Crippen molar-refractivity contribution in [2.75, 3.05) is 13.7 Å². The maximum absolute atomic E-state index is 11.8. The van der Waals surface area contributed by atoms with Gasteiger partial charge in [0.1, 0.15) is 5.78 Å². The fraction of sp³-hybridized carbons (Fsp3) is 0.917. The van der Waals surface area contributed by atoms with Crippen molar-refractivity contribution in [2.24, 2.45) is 11.8 Å². The molecule has 0 saturated heterocycles. The van der Waals surface area contributed by atoms with Crippen molar-refractivity contribution in [2.45, 2.75) is 45.4 Å². The standard InChI is InChI=1S/C12H22O2/c1-10-5-3-6-11(9-10)12(13)7-4-8-14-2/h10-11H,3-9H2,1-2H3. The van der Waals surface area contributed by atoms with Crippen LogP contribution in [0.25, 0.3) is 0 Å². The normalized spacial score (nSPS) is 27.6. The van der Waals surface area contributed by atoms with Crippen LogP contribution < -0.4 is 0 Å². The lowest BCUT2D eigenvalue weighted by Crippen LogP contribution is -2.21. The van der Waals surface area contributed by atoms with Gasteiger partial charge < -0.3 is 4.74 Å². The van der Waals surface area contributed by atoms with Gasteiger partial charge in [-0.05, 0) is 25.2 Å². The van der Waals surface area contributed by atoms with Crippen molar-refractivity contribution in [1.82, 2.24) is 0 Å². The highest BCUT2D eigenvalue weighted by Gasteiger charge is 2.24. The van der Waals surface area contributed by atoms with Crippen LogP contribution in [0.5, 0.6) is 0 Å². The smallest absolute Gasteiger partial charge is 0.136 e. The van der Waals surface area contributed by atoms with Gasteiger partial charge in [-0.2, -0.15) is 0 Å². The Kier molecular flexibility index (Phi) is 5.16. The zero-order valence-electron chi connectivity index (χ0n) is 9.42. The van der Waals surface area contributed by atoms with Gasteiger partial charge in [0.15, 0.2) is 0 Å². The molecule has 0 bridgehead atoms. The second-order valence-electron chi connectivity index (χ2n) is 4.53. The highest BCUT2D eigenvalue weighted by Crippen LogP contribution is 2.29. The molecule has 1 saturated carbocycles. The van der Waals surface area contributed by atoms with Gasteiger partial charge in [-0.25, -0.2) is 0 Å². The molecule has 0 radical (unpaired) electrons. The van der Waals surface area contributed by atoms with Crippen molar-refractivity contribution in [3.05, 3.63) is 0 Å². The summed E-state index contributed by atoms with van der Waals surface area (Å²) in [4.78, 5) is 11.8. The lowest BCUT2D eigenvalue weighted by molar-refractivity contribution is -0.124. The van der Waals surface area contributed by atoms with E-state index in [-0.39, 0.29) is 0 Å². The summed E-state index contributed by atoms with van der Waals surface area (Å²) in [6, 6.07) is 0. The van der Waals surface area contributed by atoms with Crippen LogP contribution in [-0.4, -0.2) is 19.5 Å². The maximum Gasteiger partial charge on any atom is 0.136 e. The molecular weight excluding hydrogens is 176 g/mol. The van der Waals surface area contributed by atoms with Crippen LogP contribution >= 0.6 is 0 Å². The number of rotatable bonds is 5. The molecule has 1 rings (SSSR count). The van der Waals surface area contributed by atoms with Gasteiger partial charge in [-0.15, -0.1) is 0 Å². The van der Waals surface area contributed by atoms with Crippen LogP contribution in [0.2, 0.25) is 0 Å². The van der Waals surface area contributed by atoms with Crippen molar-refractivity contribution < 1.29 is 9.53 Å². The second-order valence-corrected chi connectivity index (χ2v) is 4.53. The third-order valence-electron chi connectivity index (χ3n) is 3.16. The largest absolute Gasteiger partial charge is 0.385 e. The summed E-state index contributed by atoms with van der Waals surface area (Å²) < 4.78 is 4.95. The van der Waals surface area contributed by atoms with E-state index in [4.69, 9.17) is 4.74 Å². The highest BCUT2D eigenvalue weighted by atomic mass is 16.5. The predicted molar refractivity (Wildman–Crippen MR) is 57.2 cm³/mol. The Morgan fingerprint density at radius 2 is 2.21 bits per heavy atom. The van der Waals surface area contributed by atoms with E-state index in [0.717, 1.165) is 25.2 Å². The molecule has 0 heterocycles. The van der Waals surface area contributed by atoms with E-state index >= 15 is 0 Å². The van der Waals surface area contributed by atoms with Crippen LogP contribution in [-0.2, 0) is 9.53 Å². The van der Waals surface area contributed by atoms with Gasteiger partial charge in [0.05, 0.1) is 0 Å².